The lowest BCUT2D eigenvalue weighted by molar-refractivity contribution is -0.122. The van der Waals surface area contributed by atoms with E-state index in [1.165, 1.54) is 89.9 Å². The summed E-state index contributed by atoms with van der Waals surface area (Å²) < 4.78 is 0. The molecule has 0 saturated heterocycles. The number of fused-ring (bicyclic) bond motifs is 1. The van der Waals surface area contributed by atoms with Gasteiger partial charge >= 0.3 is 0 Å². The van der Waals surface area contributed by atoms with Gasteiger partial charge < -0.3 is 0 Å². The Morgan fingerprint density at radius 2 is 1.47 bits per heavy atom. The Morgan fingerprint density at radius 3 is 2.21 bits per heavy atom. The number of ketones is 2. The van der Waals surface area contributed by atoms with Gasteiger partial charge in [-0.05, 0) is 86.5 Å². The van der Waals surface area contributed by atoms with Crippen molar-refractivity contribution in [2.75, 3.05) is 0 Å². The SMILES string of the molecule is C=C(CCC(=O)CC1CCC(CCC2C=CC=CC2)CC1)C(=O)C1CCCCC2CCCCC21. The highest BCUT2D eigenvalue weighted by atomic mass is 16.1. The standard InChI is InChI=1S/C32H48O2/c1-24(32(34)31-14-8-6-12-28-11-5-7-13-30(28)31)15-22-29(33)23-27-20-18-26(19-21-27)17-16-25-9-3-2-4-10-25/h2-4,9,25-28,30-31H,1,5-8,10-23H2. The first kappa shape index (κ1) is 25.6. The molecule has 4 unspecified atom stereocenters. The molecule has 34 heavy (non-hydrogen) atoms. The Morgan fingerprint density at radius 1 is 0.765 bits per heavy atom. The van der Waals surface area contributed by atoms with Crippen molar-refractivity contribution in [3.63, 3.8) is 0 Å². The van der Waals surface area contributed by atoms with Crippen LogP contribution in [0.1, 0.15) is 116 Å². The molecule has 4 atom stereocenters. The Bertz CT molecular complexity index is 751. The minimum absolute atomic E-state index is 0.186. The van der Waals surface area contributed by atoms with E-state index >= 15 is 0 Å². The predicted octanol–water partition coefficient (Wildman–Crippen LogP) is 8.57. The maximum Gasteiger partial charge on any atom is 0.161 e. The topological polar surface area (TPSA) is 34.1 Å². The summed E-state index contributed by atoms with van der Waals surface area (Å²) in [7, 11) is 0. The molecule has 0 N–H and O–H groups in total. The van der Waals surface area contributed by atoms with E-state index in [0.29, 0.717) is 36.2 Å². The number of allylic oxidation sites excluding steroid dienone is 5. The van der Waals surface area contributed by atoms with Gasteiger partial charge in [-0.3, -0.25) is 9.59 Å². The molecule has 188 valence electrons. The highest BCUT2D eigenvalue weighted by molar-refractivity contribution is 5.97. The summed E-state index contributed by atoms with van der Waals surface area (Å²) in [6.45, 7) is 4.17. The molecule has 2 nitrogen and oxygen atoms in total. The first-order chi connectivity index (χ1) is 16.6. The van der Waals surface area contributed by atoms with Gasteiger partial charge in [-0.25, -0.2) is 0 Å². The largest absolute Gasteiger partial charge is 0.300 e. The van der Waals surface area contributed by atoms with Crippen LogP contribution in [0.2, 0.25) is 0 Å². The molecule has 2 heteroatoms. The summed E-state index contributed by atoms with van der Waals surface area (Å²) >= 11 is 0. The fourth-order valence-electron chi connectivity index (χ4n) is 7.55. The van der Waals surface area contributed by atoms with E-state index in [-0.39, 0.29) is 5.92 Å². The van der Waals surface area contributed by atoms with Crippen molar-refractivity contribution >= 4 is 11.6 Å². The number of rotatable bonds is 10. The molecule has 0 spiro atoms. The van der Waals surface area contributed by atoms with E-state index in [9.17, 15) is 9.59 Å². The van der Waals surface area contributed by atoms with Crippen molar-refractivity contribution in [2.45, 2.75) is 116 Å². The van der Waals surface area contributed by atoms with Crippen LogP contribution in [0.15, 0.2) is 36.5 Å². The lowest BCUT2D eigenvalue weighted by Crippen LogP contribution is -2.31. The third-order valence-corrected chi connectivity index (χ3v) is 9.71. The van der Waals surface area contributed by atoms with Gasteiger partial charge in [-0.1, -0.05) is 82.2 Å². The van der Waals surface area contributed by atoms with E-state index in [4.69, 9.17) is 0 Å². The van der Waals surface area contributed by atoms with Crippen LogP contribution in [-0.4, -0.2) is 11.6 Å². The maximum absolute atomic E-state index is 13.3. The van der Waals surface area contributed by atoms with Crippen LogP contribution < -0.4 is 0 Å². The molecule has 4 aliphatic rings. The normalized spacial score (nSPS) is 33.6. The lowest BCUT2D eigenvalue weighted by Gasteiger charge is -2.35. The monoisotopic (exact) mass is 464 g/mol. The molecular weight excluding hydrogens is 416 g/mol. The number of hydrogen-bond donors (Lipinski definition) is 0. The summed E-state index contributed by atoms with van der Waals surface area (Å²) in [5.41, 5.74) is 0.736. The second-order valence-corrected chi connectivity index (χ2v) is 12.1. The zero-order valence-electron chi connectivity index (χ0n) is 21.5. The van der Waals surface area contributed by atoms with E-state index in [1.807, 2.05) is 0 Å². The minimum Gasteiger partial charge on any atom is -0.300 e. The number of hydrogen-bond acceptors (Lipinski definition) is 2. The fourth-order valence-corrected chi connectivity index (χ4v) is 7.55. The van der Waals surface area contributed by atoms with Crippen molar-refractivity contribution < 1.29 is 9.59 Å². The molecule has 0 bridgehead atoms. The predicted molar refractivity (Wildman–Crippen MR) is 141 cm³/mol. The molecule has 3 saturated carbocycles. The van der Waals surface area contributed by atoms with E-state index in [2.05, 4.69) is 30.9 Å². The second kappa shape index (κ2) is 13.0. The smallest absolute Gasteiger partial charge is 0.161 e. The molecule has 0 radical (unpaired) electrons. The Labute approximate surface area is 208 Å². The van der Waals surface area contributed by atoms with Crippen LogP contribution in [0.3, 0.4) is 0 Å². The van der Waals surface area contributed by atoms with Gasteiger partial charge in [0.1, 0.15) is 5.78 Å². The number of Topliss-reactive ketones (excluding diaryl/α,β-unsaturated/α-hetero) is 2. The molecular formula is C32H48O2. The summed E-state index contributed by atoms with van der Waals surface area (Å²) in [5.74, 6) is 4.33. The molecule has 3 fully saturated rings. The van der Waals surface area contributed by atoms with Crippen LogP contribution in [-0.2, 0) is 9.59 Å². The van der Waals surface area contributed by atoms with E-state index < -0.39 is 0 Å². The third-order valence-electron chi connectivity index (χ3n) is 9.71. The van der Waals surface area contributed by atoms with Crippen molar-refractivity contribution in [1.82, 2.24) is 0 Å². The third kappa shape index (κ3) is 7.28. The Kier molecular flexibility index (Phi) is 9.83. The molecule has 0 aromatic rings. The van der Waals surface area contributed by atoms with Crippen molar-refractivity contribution in [2.24, 2.45) is 35.5 Å². The quantitative estimate of drug-likeness (QED) is 0.303. The fraction of sp³-hybridized carbons (Fsp3) is 0.750. The average Bonchev–Trinajstić information content (AvgIpc) is 3.10. The van der Waals surface area contributed by atoms with Crippen molar-refractivity contribution in [1.29, 1.82) is 0 Å². The zero-order valence-corrected chi connectivity index (χ0v) is 21.5. The molecule has 0 amide bonds. The highest BCUT2D eigenvalue weighted by Crippen LogP contribution is 2.44. The Balaban J connectivity index is 1.14. The lowest BCUT2D eigenvalue weighted by atomic mass is 9.69. The summed E-state index contributed by atoms with van der Waals surface area (Å²) in [4.78, 5) is 26.0. The molecule has 0 aromatic carbocycles. The van der Waals surface area contributed by atoms with Crippen LogP contribution >= 0.6 is 0 Å². The van der Waals surface area contributed by atoms with Crippen LogP contribution in [0.25, 0.3) is 0 Å². The molecule has 4 aliphatic carbocycles. The van der Waals surface area contributed by atoms with Gasteiger partial charge in [0.05, 0.1) is 0 Å². The van der Waals surface area contributed by atoms with Gasteiger partial charge in [0, 0.05) is 18.8 Å². The van der Waals surface area contributed by atoms with Crippen molar-refractivity contribution in [3.8, 4) is 0 Å². The average molecular weight is 465 g/mol. The summed E-state index contributed by atoms with van der Waals surface area (Å²) in [6, 6.07) is 0. The van der Waals surface area contributed by atoms with Gasteiger partial charge in [-0.2, -0.15) is 0 Å². The van der Waals surface area contributed by atoms with E-state index in [1.54, 1.807) is 0 Å². The molecule has 0 aliphatic heterocycles. The van der Waals surface area contributed by atoms with Gasteiger partial charge in [0.25, 0.3) is 0 Å². The van der Waals surface area contributed by atoms with Crippen LogP contribution in [0.4, 0.5) is 0 Å². The minimum atomic E-state index is 0.186. The second-order valence-electron chi connectivity index (χ2n) is 12.1. The first-order valence-electron chi connectivity index (χ1n) is 14.7. The summed E-state index contributed by atoms with van der Waals surface area (Å²) in [5, 5.41) is 0. The van der Waals surface area contributed by atoms with Gasteiger partial charge in [0.2, 0.25) is 0 Å². The highest BCUT2D eigenvalue weighted by Gasteiger charge is 2.37. The van der Waals surface area contributed by atoms with Crippen molar-refractivity contribution in [3.05, 3.63) is 36.5 Å². The van der Waals surface area contributed by atoms with Crippen LogP contribution in [0, 0.1) is 35.5 Å². The van der Waals surface area contributed by atoms with Gasteiger partial charge in [0.15, 0.2) is 5.78 Å². The Hall–Kier alpha value is -1.44. The van der Waals surface area contributed by atoms with Gasteiger partial charge in [-0.15, -0.1) is 0 Å². The van der Waals surface area contributed by atoms with Crippen LogP contribution in [0.5, 0.6) is 0 Å². The number of carbonyl (C=O) groups excluding carboxylic acids is 2. The molecule has 4 rings (SSSR count). The van der Waals surface area contributed by atoms with E-state index in [0.717, 1.165) is 36.2 Å². The summed E-state index contributed by atoms with van der Waals surface area (Å²) in [6.07, 6.45) is 29.7. The first-order valence-corrected chi connectivity index (χ1v) is 14.7. The maximum atomic E-state index is 13.3. The number of carbonyl (C=O) groups is 2. The molecule has 0 aromatic heterocycles. The molecule has 0 heterocycles. The zero-order chi connectivity index (χ0) is 23.8.